The Labute approximate surface area is 303 Å². The number of aliphatic carboxylic acids is 1. The topological polar surface area (TPSA) is 131 Å². The molecule has 3 saturated heterocycles. The van der Waals surface area contributed by atoms with Gasteiger partial charge in [0, 0.05) is 61.2 Å². The first-order valence-corrected chi connectivity index (χ1v) is 18.8. The maximum atomic E-state index is 14.8. The molecule has 50 heavy (non-hydrogen) atoms. The molecule has 1 aromatic carbocycles. The highest BCUT2D eigenvalue weighted by atomic mass is 35.5. The number of halogens is 1. The summed E-state index contributed by atoms with van der Waals surface area (Å²) < 4.78 is 5.55. The summed E-state index contributed by atoms with van der Waals surface area (Å²) in [6.07, 6.45) is 3.43. The van der Waals surface area contributed by atoms with E-state index in [0.717, 1.165) is 37.8 Å². The molecule has 4 aliphatic rings. The smallest absolute Gasteiger partial charge is 0.332 e. The Bertz CT molecular complexity index is 1320. The van der Waals surface area contributed by atoms with Crippen LogP contribution in [0.15, 0.2) is 24.3 Å². The number of carbonyl (C=O) groups is 4. The van der Waals surface area contributed by atoms with E-state index in [1.165, 1.54) is 6.92 Å². The Hall–Kier alpha value is -2.73. The van der Waals surface area contributed by atoms with E-state index < -0.39 is 18.1 Å². The number of likely N-dealkylation sites (tertiary alicyclic amines) is 2. The van der Waals surface area contributed by atoms with E-state index in [2.05, 4.69) is 37.5 Å². The van der Waals surface area contributed by atoms with Gasteiger partial charge in [0.25, 0.3) is 0 Å². The average molecular weight is 719 g/mol. The van der Waals surface area contributed by atoms with Gasteiger partial charge in [0.15, 0.2) is 0 Å². The normalized spacial score (nSPS) is 28.2. The third-order valence-electron chi connectivity index (χ3n) is 10.9. The Morgan fingerprint density at radius 3 is 2.00 bits per heavy atom. The predicted octanol–water partition coefficient (Wildman–Crippen LogP) is 4.50. The first-order valence-electron chi connectivity index (χ1n) is 18.4. The van der Waals surface area contributed by atoms with Crippen molar-refractivity contribution in [2.45, 2.75) is 116 Å². The molecular weight excluding hydrogens is 660 g/mol. The zero-order valence-corrected chi connectivity index (χ0v) is 31.8. The van der Waals surface area contributed by atoms with Crippen LogP contribution in [0.25, 0.3) is 0 Å². The summed E-state index contributed by atoms with van der Waals surface area (Å²) >= 11 is 6.25. The number of morpholine rings is 1. The molecule has 0 aromatic heterocycles. The molecule has 3 aliphatic heterocycles. The van der Waals surface area contributed by atoms with Gasteiger partial charge in [-0.2, -0.15) is 0 Å². The van der Waals surface area contributed by atoms with Gasteiger partial charge in [-0.1, -0.05) is 44.5 Å². The van der Waals surface area contributed by atoms with E-state index in [9.17, 15) is 19.2 Å². The molecule has 11 nitrogen and oxygen atoms in total. The number of carbonyl (C=O) groups excluding carboxylic acids is 3. The molecule has 1 aliphatic carbocycles. The third-order valence-corrected chi connectivity index (χ3v) is 11.2. The van der Waals surface area contributed by atoms with Crippen LogP contribution in [0, 0.1) is 17.8 Å². The lowest BCUT2D eigenvalue weighted by atomic mass is 9.85. The van der Waals surface area contributed by atoms with E-state index in [0.29, 0.717) is 56.8 Å². The highest BCUT2D eigenvalue weighted by Gasteiger charge is 2.51. The third kappa shape index (κ3) is 9.78. The zero-order chi connectivity index (χ0) is 36.9. The molecule has 1 saturated carbocycles. The van der Waals surface area contributed by atoms with Gasteiger partial charge in [-0.25, -0.2) is 4.79 Å². The van der Waals surface area contributed by atoms with Gasteiger partial charge in [-0.15, -0.1) is 0 Å². The van der Waals surface area contributed by atoms with Gasteiger partial charge in [0.2, 0.25) is 17.7 Å². The molecule has 1 unspecified atom stereocenters. The summed E-state index contributed by atoms with van der Waals surface area (Å²) in [5, 5.41) is 16.4. The fourth-order valence-corrected chi connectivity index (χ4v) is 7.95. The van der Waals surface area contributed by atoms with Crippen LogP contribution in [0.3, 0.4) is 0 Å². The standard InChI is InChI=1S/C35H53ClN4O4.C3H6O3/c1-23(2)32(41)40(27-13-7-24(3)8-14-27)28-19-31(34(43)37-15-17-44-18-16-37)39(20-28)33(42)30-22-38(35(4,5)6)21-29(30)25-9-11-26(36)12-10-25;1-2(4)3(5)6/h9-12,23-24,27-31H,7-8,13-22H2,1-6H3;2,4H,1H3,(H,5,6)/t24?,27?,28-,29-,30+,31-;/m0./s1. The van der Waals surface area contributed by atoms with Crippen molar-refractivity contribution >= 4 is 35.3 Å². The molecule has 280 valence electrons. The van der Waals surface area contributed by atoms with Crippen molar-refractivity contribution < 1.29 is 34.1 Å². The molecule has 5 rings (SSSR count). The van der Waals surface area contributed by atoms with E-state index in [1.54, 1.807) is 0 Å². The maximum absolute atomic E-state index is 14.8. The second-order valence-electron chi connectivity index (χ2n) is 16.0. The summed E-state index contributed by atoms with van der Waals surface area (Å²) in [7, 11) is 0. The van der Waals surface area contributed by atoms with Crippen molar-refractivity contribution in [3.05, 3.63) is 34.9 Å². The van der Waals surface area contributed by atoms with Crippen molar-refractivity contribution in [3.63, 3.8) is 0 Å². The fraction of sp³-hybridized carbons (Fsp3) is 0.737. The fourth-order valence-electron chi connectivity index (χ4n) is 7.83. The predicted molar refractivity (Wildman–Crippen MR) is 193 cm³/mol. The molecule has 2 N–H and O–H groups in total. The highest BCUT2D eigenvalue weighted by molar-refractivity contribution is 6.30. The number of amides is 3. The van der Waals surface area contributed by atoms with Crippen LogP contribution in [0.5, 0.6) is 0 Å². The maximum Gasteiger partial charge on any atom is 0.332 e. The minimum absolute atomic E-state index is 0.00733. The van der Waals surface area contributed by atoms with Gasteiger partial charge in [0.05, 0.1) is 25.2 Å². The van der Waals surface area contributed by atoms with Crippen molar-refractivity contribution in [1.29, 1.82) is 0 Å². The highest BCUT2D eigenvalue weighted by Crippen LogP contribution is 2.40. The number of benzene rings is 1. The second kappa shape index (κ2) is 17.2. The summed E-state index contributed by atoms with van der Waals surface area (Å²) in [4.78, 5) is 60.5. The van der Waals surface area contributed by atoms with Crippen molar-refractivity contribution in [1.82, 2.24) is 19.6 Å². The lowest BCUT2D eigenvalue weighted by Gasteiger charge is -2.41. The molecule has 0 spiro atoms. The SMILES string of the molecule is CC(O)C(=O)O.CC1CCC(N(C(=O)C(C)C)[C@H]2C[C@@H](C(=O)N3CCOCC3)N(C(=O)[C@@H]3CN(C(C)(C)C)C[C@H]3c3ccc(Cl)cc3)C2)CC1. The van der Waals surface area contributed by atoms with Gasteiger partial charge < -0.3 is 29.6 Å². The first-order chi connectivity index (χ1) is 23.5. The number of nitrogens with zero attached hydrogens (tertiary/aromatic N) is 4. The summed E-state index contributed by atoms with van der Waals surface area (Å²) in [5.41, 5.74) is 0.994. The van der Waals surface area contributed by atoms with Crippen LogP contribution in [0.1, 0.15) is 92.1 Å². The lowest BCUT2D eigenvalue weighted by Crippen LogP contribution is -2.53. The number of hydrogen-bond donors (Lipinski definition) is 2. The number of carboxylic acid groups (broad SMARTS) is 1. The number of aliphatic hydroxyl groups excluding tert-OH is 1. The molecule has 0 radical (unpaired) electrons. The summed E-state index contributed by atoms with van der Waals surface area (Å²) in [6.45, 7) is 17.9. The monoisotopic (exact) mass is 718 g/mol. The zero-order valence-electron chi connectivity index (χ0n) is 31.0. The Morgan fingerprint density at radius 1 is 0.900 bits per heavy atom. The molecule has 3 heterocycles. The van der Waals surface area contributed by atoms with Crippen LogP contribution in [0.2, 0.25) is 5.02 Å². The van der Waals surface area contributed by atoms with Crippen molar-refractivity contribution in [2.24, 2.45) is 17.8 Å². The van der Waals surface area contributed by atoms with Crippen LogP contribution >= 0.6 is 11.6 Å². The van der Waals surface area contributed by atoms with Crippen molar-refractivity contribution in [2.75, 3.05) is 45.9 Å². The van der Waals surface area contributed by atoms with Gasteiger partial charge >= 0.3 is 5.97 Å². The number of carboxylic acids is 1. The average Bonchev–Trinajstić information content (AvgIpc) is 3.72. The summed E-state index contributed by atoms with van der Waals surface area (Å²) in [6, 6.07) is 7.28. The van der Waals surface area contributed by atoms with E-state index in [1.807, 2.05) is 47.9 Å². The van der Waals surface area contributed by atoms with Gasteiger partial charge in [0.1, 0.15) is 12.1 Å². The van der Waals surface area contributed by atoms with Crippen LogP contribution < -0.4 is 0 Å². The Morgan fingerprint density at radius 2 is 1.48 bits per heavy atom. The van der Waals surface area contributed by atoms with Gasteiger partial charge in [-0.05, 0) is 83.4 Å². The van der Waals surface area contributed by atoms with Crippen LogP contribution in [-0.2, 0) is 23.9 Å². The quantitative estimate of drug-likeness (QED) is 0.422. The molecule has 3 amide bonds. The number of ether oxygens (including phenoxy) is 1. The second-order valence-corrected chi connectivity index (χ2v) is 16.4. The lowest BCUT2D eigenvalue weighted by molar-refractivity contribution is -0.148. The van der Waals surface area contributed by atoms with E-state index >= 15 is 0 Å². The first kappa shape index (κ1) is 40.0. The number of rotatable bonds is 7. The van der Waals surface area contributed by atoms with E-state index in [4.69, 9.17) is 26.6 Å². The van der Waals surface area contributed by atoms with Crippen molar-refractivity contribution in [3.8, 4) is 0 Å². The summed E-state index contributed by atoms with van der Waals surface area (Å²) in [5.74, 6) is -0.805. The number of hydrogen-bond acceptors (Lipinski definition) is 7. The molecule has 12 heteroatoms. The molecule has 0 bridgehead atoms. The van der Waals surface area contributed by atoms with E-state index in [-0.39, 0.29) is 53.1 Å². The number of aliphatic hydroxyl groups is 1. The van der Waals surface area contributed by atoms with Gasteiger partial charge in [-0.3, -0.25) is 19.3 Å². The minimum atomic E-state index is -1.23. The molecule has 1 aromatic rings. The van der Waals surface area contributed by atoms with Crippen LogP contribution in [-0.4, -0.2) is 129 Å². The Balaban J connectivity index is 0.000000860. The molecule has 4 fully saturated rings. The van der Waals surface area contributed by atoms with Crippen LogP contribution in [0.4, 0.5) is 0 Å². The molecule has 5 atom stereocenters. The largest absolute Gasteiger partial charge is 0.479 e. The Kier molecular flexibility index (Phi) is 13.8. The minimum Gasteiger partial charge on any atom is -0.479 e. The molecular formula is C38H59ClN4O7.